The highest BCUT2D eigenvalue weighted by molar-refractivity contribution is 5.43. The van der Waals surface area contributed by atoms with E-state index in [0.29, 0.717) is 11.5 Å². The van der Waals surface area contributed by atoms with E-state index >= 15 is 0 Å². The van der Waals surface area contributed by atoms with Crippen molar-refractivity contribution < 1.29 is 10.2 Å². The van der Waals surface area contributed by atoms with Gasteiger partial charge in [0.2, 0.25) is 0 Å². The number of rotatable bonds is 9. The number of phenols is 2. The minimum Gasteiger partial charge on any atom is -0.508 e. The van der Waals surface area contributed by atoms with Crippen LogP contribution in [0.25, 0.3) is 0 Å². The van der Waals surface area contributed by atoms with Crippen LogP contribution >= 0.6 is 0 Å². The Bertz CT molecular complexity index is 775. The molecule has 0 atom stereocenters. The van der Waals surface area contributed by atoms with Crippen molar-refractivity contribution in [3.8, 4) is 11.5 Å². The zero-order valence-electron chi connectivity index (χ0n) is 20.6. The third-order valence-electron chi connectivity index (χ3n) is 8.96. The molecule has 2 aliphatic rings. The van der Waals surface area contributed by atoms with Crippen LogP contribution in [0.15, 0.2) is 48.5 Å². The Morgan fingerprint density at radius 1 is 0.606 bits per heavy atom. The van der Waals surface area contributed by atoms with Crippen LogP contribution in [0, 0.1) is 17.8 Å². The van der Waals surface area contributed by atoms with Crippen LogP contribution < -0.4 is 0 Å². The Labute approximate surface area is 201 Å². The third kappa shape index (κ3) is 6.14. The van der Waals surface area contributed by atoms with Gasteiger partial charge in [0.15, 0.2) is 0 Å². The molecule has 33 heavy (non-hydrogen) atoms. The van der Waals surface area contributed by atoms with E-state index < -0.39 is 0 Å². The number of hydrogen-bond donors (Lipinski definition) is 2. The topological polar surface area (TPSA) is 40.5 Å². The minimum atomic E-state index is -0.00551. The average Bonchev–Trinajstić information content (AvgIpc) is 2.85. The smallest absolute Gasteiger partial charge is 0.115 e. The summed E-state index contributed by atoms with van der Waals surface area (Å²) in [6.45, 7) is 2.31. The second-order valence-corrected chi connectivity index (χ2v) is 11.1. The largest absolute Gasteiger partial charge is 0.508 e. The minimum absolute atomic E-state index is 0.00551. The normalized spacial score (nSPS) is 23.4. The fraction of sp³-hybridized carbons (Fsp3) is 0.613. The summed E-state index contributed by atoms with van der Waals surface area (Å²) < 4.78 is 0. The van der Waals surface area contributed by atoms with Crippen molar-refractivity contribution in [3.05, 3.63) is 59.7 Å². The van der Waals surface area contributed by atoms with E-state index in [1.165, 1.54) is 88.2 Å². The average molecular weight is 449 g/mol. The first kappa shape index (κ1) is 24.2. The molecule has 0 saturated heterocycles. The molecular weight excluding hydrogens is 404 g/mol. The number of hydrogen-bond acceptors (Lipinski definition) is 2. The van der Waals surface area contributed by atoms with Crippen LogP contribution in [-0.2, 0) is 5.41 Å². The first-order chi connectivity index (χ1) is 16.1. The summed E-state index contributed by atoms with van der Waals surface area (Å²) in [7, 11) is 0. The summed E-state index contributed by atoms with van der Waals surface area (Å²) in [6.07, 6.45) is 19.2. The van der Waals surface area contributed by atoms with Crippen LogP contribution in [0.2, 0.25) is 0 Å². The maximum absolute atomic E-state index is 9.82. The van der Waals surface area contributed by atoms with Crippen molar-refractivity contribution in [2.24, 2.45) is 17.8 Å². The first-order valence-corrected chi connectivity index (χ1v) is 13.7. The molecule has 0 aromatic heterocycles. The van der Waals surface area contributed by atoms with Gasteiger partial charge in [0.1, 0.15) is 11.5 Å². The Hall–Kier alpha value is -1.96. The molecule has 0 spiro atoms. The van der Waals surface area contributed by atoms with E-state index in [1.54, 1.807) is 0 Å². The van der Waals surface area contributed by atoms with Gasteiger partial charge in [-0.25, -0.2) is 0 Å². The van der Waals surface area contributed by atoms with E-state index in [9.17, 15) is 10.2 Å². The van der Waals surface area contributed by atoms with E-state index in [0.717, 1.165) is 30.6 Å². The molecule has 2 aliphatic carbocycles. The summed E-state index contributed by atoms with van der Waals surface area (Å²) >= 11 is 0. The quantitative estimate of drug-likeness (QED) is 0.376. The fourth-order valence-corrected chi connectivity index (χ4v) is 6.73. The van der Waals surface area contributed by atoms with Gasteiger partial charge < -0.3 is 10.2 Å². The van der Waals surface area contributed by atoms with Crippen molar-refractivity contribution in [2.75, 3.05) is 0 Å². The van der Waals surface area contributed by atoms with Crippen molar-refractivity contribution in [1.29, 1.82) is 0 Å². The fourth-order valence-electron chi connectivity index (χ4n) is 6.73. The zero-order valence-corrected chi connectivity index (χ0v) is 20.6. The highest BCUT2D eigenvalue weighted by Gasteiger charge is 2.38. The SMILES string of the molecule is CCCCCC1CCC(CCC2CCC(c3ccc(O)cc3)(c3ccc(O)cc3)CC2)CC1. The summed E-state index contributed by atoms with van der Waals surface area (Å²) in [6, 6.07) is 15.7. The van der Waals surface area contributed by atoms with Gasteiger partial charge in [-0.3, -0.25) is 0 Å². The molecule has 2 aromatic rings. The van der Waals surface area contributed by atoms with Crippen molar-refractivity contribution >= 4 is 0 Å². The molecule has 2 heteroatoms. The van der Waals surface area contributed by atoms with Crippen molar-refractivity contribution in [3.63, 3.8) is 0 Å². The molecule has 2 nitrogen and oxygen atoms in total. The number of aromatic hydroxyl groups is 2. The van der Waals surface area contributed by atoms with Crippen LogP contribution in [-0.4, -0.2) is 10.2 Å². The lowest BCUT2D eigenvalue weighted by Crippen LogP contribution is -2.33. The molecule has 0 heterocycles. The number of benzene rings is 2. The zero-order chi connectivity index (χ0) is 23.1. The predicted molar refractivity (Wildman–Crippen MR) is 138 cm³/mol. The van der Waals surface area contributed by atoms with Gasteiger partial charge in [0.25, 0.3) is 0 Å². The maximum Gasteiger partial charge on any atom is 0.115 e. The van der Waals surface area contributed by atoms with E-state index in [4.69, 9.17) is 0 Å². The van der Waals surface area contributed by atoms with Crippen LogP contribution in [0.1, 0.15) is 108 Å². The second kappa shape index (κ2) is 11.4. The lowest BCUT2D eigenvalue weighted by atomic mass is 9.62. The van der Waals surface area contributed by atoms with Gasteiger partial charge in [-0.2, -0.15) is 0 Å². The summed E-state index contributed by atoms with van der Waals surface area (Å²) in [5.41, 5.74) is 2.59. The van der Waals surface area contributed by atoms with Gasteiger partial charge in [-0.1, -0.05) is 95.4 Å². The maximum atomic E-state index is 9.82. The van der Waals surface area contributed by atoms with Gasteiger partial charge in [0.05, 0.1) is 0 Å². The van der Waals surface area contributed by atoms with E-state index in [2.05, 4.69) is 31.2 Å². The molecule has 4 rings (SSSR count). The lowest BCUT2D eigenvalue weighted by molar-refractivity contribution is 0.208. The molecular formula is C31H44O2. The Kier molecular flexibility index (Phi) is 8.39. The molecule has 0 amide bonds. The molecule has 2 fully saturated rings. The van der Waals surface area contributed by atoms with Gasteiger partial charge >= 0.3 is 0 Å². The lowest BCUT2D eigenvalue weighted by Gasteiger charge is -2.42. The molecule has 0 radical (unpaired) electrons. The third-order valence-corrected chi connectivity index (χ3v) is 8.96. The first-order valence-electron chi connectivity index (χ1n) is 13.7. The Morgan fingerprint density at radius 2 is 1.03 bits per heavy atom. The Balaban J connectivity index is 1.32. The molecule has 180 valence electrons. The van der Waals surface area contributed by atoms with Crippen LogP contribution in [0.5, 0.6) is 11.5 Å². The molecule has 2 N–H and O–H groups in total. The predicted octanol–water partition coefficient (Wildman–Crippen LogP) is 8.74. The van der Waals surface area contributed by atoms with Crippen molar-refractivity contribution in [1.82, 2.24) is 0 Å². The van der Waals surface area contributed by atoms with Crippen LogP contribution in [0.4, 0.5) is 0 Å². The molecule has 0 bridgehead atoms. The molecule has 2 aromatic carbocycles. The second-order valence-electron chi connectivity index (χ2n) is 11.1. The highest BCUT2D eigenvalue weighted by Crippen LogP contribution is 2.48. The van der Waals surface area contributed by atoms with Gasteiger partial charge in [0, 0.05) is 5.41 Å². The highest BCUT2D eigenvalue weighted by atomic mass is 16.3. The summed E-state index contributed by atoms with van der Waals surface area (Å²) in [5, 5.41) is 19.6. The summed E-state index contributed by atoms with van der Waals surface area (Å²) in [5.74, 6) is 3.48. The van der Waals surface area contributed by atoms with E-state index in [1.807, 2.05) is 24.3 Å². The van der Waals surface area contributed by atoms with Gasteiger partial charge in [-0.15, -0.1) is 0 Å². The van der Waals surface area contributed by atoms with E-state index in [-0.39, 0.29) is 5.41 Å². The molecule has 2 saturated carbocycles. The standard InChI is InChI=1S/C31H44O2/c1-2-3-4-5-24-6-8-25(9-7-24)10-11-26-20-22-31(23-21-26,27-12-16-29(32)17-13-27)28-14-18-30(33)19-15-28/h12-19,24-26,32-33H,2-11,20-23H2,1H3. The summed E-state index contributed by atoms with van der Waals surface area (Å²) in [4.78, 5) is 0. The van der Waals surface area contributed by atoms with Crippen molar-refractivity contribution in [2.45, 2.75) is 102 Å². The van der Waals surface area contributed by atoms with Crippen LogP contribution in [0.3, 0.4) is 0 Å². The number of unbranched alkanes of at least 4 members (excludes halogenated alkanes) is 2. The molecule has 0 unspecified atom stereocenters. The van der Waals surface area contributed by atoms with Gasteiger partial charge in [-0.05, 0) is 78.8 Å². The monoisotopic (exact) mass is 448 g/mol. The number of phenolic OH excluding ortho intramolecular Hbond substituents is 2. The molecule has 0 aliphatic heterocycles. The Morgan fingerprint density at radius 3 is 1.48 bits per heavy atom.